The SMILES string of the molecule is COS(=O)(=O)C(F)(F)C(C)(C)CO. The lowest BCUT2D eigenvalue weighted by Gasteiger charge is -2.30. The third kappa shape index (κ3) is 1.97. The van der Waals surface area contributed by atoms with E-state index < -0.39 is 27.4 Å². The molecule has 0 aliphatic carbocycles. The lowest BCUT2D eigenvalue weighted by Crippen LogP contribution is -2.46. The van der Waals surface area contributed by atoms with E-state index in [1.807, 2.05) is 0 Å². The largest absolute Gasteiger partial charge is 0.396 e. The van der Waals surface area contributed by atoms with Crippen LogP contribution in [0.3, 0.4) is 0 Å². The van der Waals surface area contributed by atoms with E-state index in [0.717, 1.165) is 13.8 Å². The molecule has 0 radical (unpaired) electrons. The van der Waals surface area contributed by atoms with Crippen molar-refractivity contribution in [2.24, 2.45) is 5.41 Å². The number of hydrogen-bond acceptors (Lipinski definition) is 4. The molecule has 0 aliphatic heterocycles. The summed E-state index contributed by atoms with van der Waals surface area (Å²) >= 11 is 0. The quantitative estimate of drug-likeness (QED) is 0.701. The first kappa shape index (κ1) is 12.7. The normalized spacial score (nSPS) is 14.6. The number of aliphatic hydroxyl groups excluding tert-OH is 1. The van der Waals surface area contributed by atoms with E-state index in [-0.39, 0.29) is 0 Å². The van der Waals surface area contributed by atoms with Crippen LogP contribution in [0.1, 0.15) is 13.8 Å². The second-order valence-corrected chi connectivity index (χ2v) is 4.93. The molecule has 0 aliphatic rings. The smallest absolute Gasteiger partial charge is 0.377 e. The van der Waals surface area contributed by atoms with Crippen molar-refractivity contribution in [3.63, 3.8) is 0 Å². The van der Waals surface area contributed by atoms with Crippen molar-refractivity contribution in [2.45, 2.75) is 19.1 Å². The second-order valence-electron chi connectivity index (χ2n) is 3.18. The zero-order valence-corrected chi connectivity index (χ0v) is 8.36. The van der Waals surface area contributed by atoms with Gasteiger partial charge in [-0.2, -0.15) is 17.2 Å². The van der Waals surface area contributed by atoms with E-state index in [1.165, 1.54) is 0 Å². The Morgan fingerprint density at radius 2 is 1.77 bits per heavy atom. The van der Waals surface area contributed by atoms with Crippen LogP contribution >= 0.6 is 0 Å². The van der Waals surface area contributed by atoms with Crippen LogP contribution < -0.4 is 0 Å². The first-order valence-corrected chi connectivity index (χ1v) is 4.82. The Balaban J connectivity index is 5.21. The molecule has 0 spiro atoms. The van der Waals surface area contributed by atoms with Crippen molar-refractivity contribution >= 4 is 10.1 Å². The maximum absolute atomic E-state index is 13.1. The van der Waals surface area contributed by atoms with Gasteiger partial charge in [-0.3, -0.25) is 4.18 Å². The average molecular weight is 218 g/mol. The summed E-state index contributed by atoms with van der Waals surface area (Å²) in [6, 6.07) is 0. The van der Waals surface area contributed by atoms with E-state index in [9.17, 15) is 17.2 Å². The predicted molar refractivity (Wildman–Crippen MR) is 41.7 cm³/mol. The Labute approximate surface area is 75.6 Å². The van der Waals surface area contributed by atoms with E-state index >= 15 is 0 Å². The highest BCUT2D eigenvalue weighted by Gasteiger charge is 2.57. The fraction of sp³-hybridized carbons (Fsp3) is 1.00. The standard InChI is InChI=1S/C6H12F2O4S/c1-5(2,4-9)6(7,8)13(10,11)12-3/h9H,4H2,1-3H3. The average Bonchev–Trinajstić information content (AvgIpc) is 2.03. The molecule has 0 rings (SSSR count). The summed E-state index contributed by atoms with van der Waals surface area (Å²) < 4.78 is 51.4. The molecule has 0 fully saturated rings. The number of alkyl halides is 2. The van der Waals surface area contributed by atoms with Crippen LogP contribution in [-0.4, -0.2) is 32.5 Å². The Morgan fingerprint density at radius 1 is 1.38 bits per heavy atom. The van der Waals surface area contributed by atoms with Crippen LogP contribution in [0.5, 0.6) is 0 Å². The maximum atomic E-state index is 13.1. The first-order valence-electron chi connectivity index (χ1n) is 3.41. The molecule has 1 N–H and O–H groups in total. The summed E-state index contributed by atoms with van der Waals surface area (Å²) in [6.45, 7) is 0.912. The molecule has 0 heterocycles. The molecule has 0 amide bonds. The van der Waals surface area contributed by atoms with Gasteiger partial charge in [-0.25, -0.2) is 0 Å². The second kappa shape index (κ2) is 3.47. The minimum atomic E-state index is -4.96. The minimum Gasteiger partial charge on any atom is -0.396 e. The molecule has 0 bridgehead atoms. The molecule has 13 heavy (non-hydrogen) atoms. The Kier molecular flexibility index (Phi) is 3.40. The van der Waals surface area contributed by atoms with Gasteiger partial charge >= 0.3 is 15.4 Å². The van der Waals surface area contributed by atoms with Crippen LogP contribution in [0.15, 0.2) is 0 Å². The Bertz CT molecular complexity index is 270. The third-order valence-electron chi connectivity index (χ3n) is 1.72. The van der Waals surface area contributed by atoms with Gasteiger partial charge in [0, 0.05) is 0 Å². The number of hydrogen-bond donors (Lipinski definition) is 1. The number of rotatable bonds is 4. The van der Waals surface area contributed by atoms with Crippen molar-refractivity contribution in [3.8, 4) is 0 Å². The lowest BCUT2D eigenvalue weighted by atomic mass is 9.95. The summed E-state index contributed by atoms with van der Waals surface area (Å²) in [4.78, 5) is 0. The van der Waals surface area contributed by atoms with Crippen molar-refractivity contribution < 1.29 is 26.5 Å². The summed E-state index contributed by atoms with van der Waals surface area (Å²) in [5, 5.41) is 4.48. The highest BCUT2D eigenvalue weighted by molar-refractivity contribution is 7.87. The molecule has 0 atom stereocenters. The van der Waals surface area contributed by atoms with Gasteiger partial charge < -0.3 is 5.11 Å². The molecule has 7 heteroatoms. The molecular formula is C6H12F2O4S. The van der Waals surface area contributed by atoms with Gasteiger partial charge in [-0.15, -0.1) is 0 Å². The van der Waals surface area contributed by atoms with Gasteiger partial charge in [0.15, 0.2) is 0 Å². The molecule has 0 aromatic rings. The highest BCUT2D eigenvalue weighted by Crippen LogP contribution is 2.40. The van der Waals surface area contributed by atoms with Crippen LogP contribution in [0.2, 0.25) is 0 Å². The van der Waals surface area contributed by atoms with Crippen LogP contribution in [0.4, 0.5) is 8.78 Å². The third-order valence-corrected chi connectivity index (χ3v) is 3.34. The fourth-order valence-electron chi connectivity index (χ4n) is 0.535. The van der Waals surface area contributed by atoms with Crippen molar-refractivity contribution in [1.29, 1.82) is 0 Å². The summed E-state index contributed by atoms with van der Waals surface area (Å²) in [6.07, 6.45) is 0. The lowest BCUT2D eigenvalue weighted by molar-refractivity contribution is -0.0629. The molecule has 4 nitrogen and oxygen atoms in total. The van der Waals surface area contributed by atoms with Crippen molar-refractivity contribution in [2.75, 3.05) is 13.7 Å². The van der Waals surface area contributed by atoms with Gasteiger partial charge in [0.25, 0.3) is 0 Å². The zero-order valence-electron chi connectivity index (χ0n) is 7.54. The topological polar surface area (TPSA) is 63.6 Å². The van der Waals surface area contributed by atoms with Gasteiger partial charge in [-0.05, 0) is 0 Å². The first-order chi connectivity index (χ1) is 5.62. The minimum absolute atomic E-state index is 0.650. The van der Waals surface area contributed by atoms with Crippen molar-refractivity contribution in [1.82, 2.24) is 0 Å². The van der Waals surface area contributed by atoms with E-state index in [1.54, 1.807) is 0 Å². The van der Waals surface area contributed by atoms with Gasteiger partial charge in [0.1, 0.15) is 0 Å². The fourth-order valence-corrected chi connectivity index (χ4v) is 1.49. The van der Waals surface area contributed by atoms with E-state index in [0.29, 0.717) is 7.11 Å². The highest BCUT2D eigenvalue weighted by atomic mass is 32.2. The number of halogens is 2. The maximum Gasteiger partial charge on any atom is 0.377 e. The van der Waals surface area contributed by atoms with Crippen LogP contribution in [0, 0.1) is 5.41 Å². The Morgan fingerprint density at radius 3 is 2.00 bits per heavy atom. The van der Waals surface area contributed by atoms with Gasteiger partial charge in [-0.1, -0.05) is 13.8 Å². The zero-order chi connectivity index (χ0) is 10.9. The molecule has 0 saturated carbocycles. The van der Waals surface area contributed by atoms with Gasteiger partial charge in [0.2, 0.25) is 0 Å². The predicted octanol–water partition coefficient (Wildman–Crippen LogP) is 0.574. The summed E-state index contributed by atoms with van der Waals surface area (Å²) in [5.74, 6) is 0. The molecule has 80 valence electrons. The molecular weight excluding hydrogens is 206 g/mol. The Hall–Kier alpha value is -0.270. The van der Waals surface area contributed by atoms with E-state index in [4.69, 9.17) is 5.11 Å². The van der Waals surface area contributed by atoms with Crippen molar-refractivity contribution in [3.05, 3.63) is 0 Å². The molecule has 0 aromatic carbocycles. The van der Waals surface area contributed by atoms with Crippen LogP contribution in [-0.2, 0) is 14.3 Å². The molecule has 0 aromatic heterocycles. The molecule has 0 saturated heterocycles. The number of aliphatic hydroxyl groups is 1. The summed E-state index contributed by atoms with van der Waals surface area (Å²) in [5.41, 5.74) is -2.07. The monoisotopic (exact) mass is 218 g/mol. The van der Waals surface area contributed by atoms with Crippen LogP contribution in [0.25, 0.3) is 0 Å². The molecule has 0 unspecified atom stereocenters. The van der Waals surface area contributed by atoms with Gasteiger partial charge in [0.05, 0.1) is 19.1 Å². The summed E-state index contributed by atoms with van der Waals surface area (Å²) in [7, 11) is -4.31. The van der Waals surface area contributed by atoms with E-state index in [2.05, 4.69) is 4.18 Å².